The number of rotatable bonds is 9. The lowest BCUT2D eigenvalue weighted by atomic mass is 9.92. The number of amides is 2. The zero-order chi connectivity index (χ0) is 21.9. The van der Waals surface area contributed by atoms with Gasteiger partial charge in [-0.05, 0) is 51.1 Å². The van der Waals surface area contributed by atoms with E-state index in [-0.39, 0.29) is 24.9 Å². The van der Waals surface area contributed by atoms with E-state index >= 15 is 0 Å². The van der Waals surface area contributed by atoms with Crippen LogP contribution >= 0.6 is 0 Å². The van der Waals surface area contributed by atoms with Crippen LogP contribution in [0.2, 0.25) is 0 Å². The minimum Gasteiger partial charge on any atom is -0.480 e. The number of carbonyl (C=O) groups excluding carboxylic acids is 2. The van der Waals surface area contributed by atoms with Crippen molar-refractivity contribution in [2.24, 2.45) is 5.92 Å². The second-order valence-corrected chi connectivity index (χ2v) is 8.15. The van der Waals surface area contributed by atoms with Crippen molar-refractivity contribution in [2.45, 2.75) is 44.9 Å². The summed E-state index contributed by atoms with van der Waals surface area (Å²) in [5.74, 6) is -1.75. The molecule has 0 unspecified atom stereocenters. The second kappa shape index (κ2) is 12.4. The van der Waals surface area contributed by atoms with E-state index in [0.29, 0.717) is 38.6 Å². The average Bonchev–Trinajstić information content (AvgIpc) is 2.96. The number of carboxylic acids is 2. The third-order valence-corrected chi connectivity index (χ3v) is 5.77. The quantitative estimate of drug-likeness (QED) is 0.417. The van der Waals surface area contributed by atoms with Crippen LogP contribution in [-0.4, -0.2) is 94.5 Å². The van der Waals surface area contributed by atoms with Gasteiger partial charge in [-0.25, -0.2) is 0 Å². The van der Waals surface area contributed by atoms with Gasteiger partial charge in [-0.1, -0.05) is 12.8 Å². The van der Waals surface area contributed by atoms with Gasteiger partial charge < -0.3 is 10.2 Å². The summed E-state index contributed by atoms with van der Waals surface area (Å²) in [6.45, 7) is 2.86. The highest BCUT2D eigenvalue weighted by Gasteiger charge is 2.23. The predicted octanol–water partition coefficient (Wildman–Crippen LogP) is 1.05. The molecule has 0 radical (unpaired) electrons. The summed E-state index contributed by atoms with van der Waals surface area (Å²) in [5.41, 5.74) is 0. The number of aliphatic carboxylic acids is 2. The van der Waals surface area contributed by atoms with Crippen molar-refractivity contribution in [3.05, 3.63) is 12.2 Å². The highest BCUT2D eigenvalue weighted by Crippen LogP contribution is 2.22. The van der Waals surface area contributed by atoms with Gasteiger partial charge in [0.15, 0.2) is 0 Å². The molecule has 1 fully saturated rings. The molecule has 0 aromatic heterocycles. The molecule has 2 heterocycles. The summed E-state index contributed by atoms with van der Waals surface area (Å²) in [6.07, 6.45) is 9.09. The maximum Gasteiger partial charge on any atom is 0.317 e. The molecular formula is C21H33N3O6. The fourth-order valence-electron chi connectivity index (χ4n) is 4.20. The van der Waals surface area contributed by atoms with Crippen LogP contribution in [0.15, 0.2) is 12.2 Å². The van der Waals surface area contributed by atoms with Gasteiger partial charge in [0.1, 0.15) is 0 Å². The van der Waals surface area contributed by atoms with E-state index in [1.54, 1.807) is 0 Å². The molecular weight excluding hydrogens is 390 g/mol. The third kappa shape index (κ3) is 8.62. The van der Waals surface area contributed by atoms with E-state index in [1.807, 2.05) is 9.80 Å². The lowest BCUT2D eigenvalue weighted by Gasteiger charge is -2.25. The molecule has 0 spiro atoms. The summed E-state index contributed by atoms with van der Waals surface area (Å²) in [5, 5.41) is 18.3. The van der Waals surface area contributed by atoms with Crippen molar-refractivity contribution in [1.29, 1.82) is 0 Å². The molecule has 2 amide bonds. The Morgan fingerprint density at radius 2 is 1.33 bits per heavy atom. The number of imide groups is 1. The minimum atomic E-state index is -0.869. The SMILES string of the molecule is O=C(O)CN1CCCC(CCCCN2C(=O)C=CC2=O)CCCN(CC(=O)O)CC1. The van der Waals surface area contributed by atoms with E-state index in [4.69, 9.17) is 10.2 Å². The summed E-state index contributed by atoms with van der Waals surface area (Å²) >= 11 is 0. The summed E-state index contributed by atoms with van der Waals surface area (Å²) in [7, 11) is 0. The monoisotopic (exact) mass is 423 g/mol. The summed E-state index contributed by atoms with van der Waals surface area (Å²) in [4.78, 5) is 50.5. The molecule has 30 heavy (non-hydrogen) atoms. The Bertz CT molecular complexity index is 603. The Kier molecular flexibility index (Phi) is 9.96. The zero-order valence-corrected chi connectivity index (χ0v) is 17.5. The number of hydrogen-bond acceptors (Lipinski definition) is 6. The number of unbranched alkanes of at least 4 members (excludes halogenated alkanes) is 1. The molecule has 168 valence electrons. The van der Waals surface area contributed by atoms with Crippen molar-refractivity contribution < 1.29 is 29.4 Å². The van der Waals surface area contributed by atoms with Crippen LogP contribution in [0.3, 0.4) is 0 Å². The van der Waals surface area contributed by atoms with Gasteiger partial charge in [-0.2, -0.15) is 0 Å². The molecule has 0 aliphatic carbocycles. The van der Waals surface area contributed by atoms with E-state index in [1.165, 1.54) is 17.1 Å². The normalized spacial score (nSPS) is 20.5. The van der Waals surface area contributed by atoms with Gasteiger partial charge in [0.2, 0.25) is 0 Å². The van der Waals surface area contributed by atoms with Crippen LogP contribution in [0.4, 0.5) is 0 Å². The van der Waals surface area contributed by atoms with E-state index < -0.39 is 11.9 Å². The Balaban J connectivity index is 1.83. The van der Waals surface area contributed by atoms with Crippen LogP contribution < -0.4 is 0 Å². The van der Waals surface area contributed by atoms with Crippen LogP contribution in [0.5, 0.6) is 0 Å². The molecule has 2 aliphatic heterocycles. The van der Waals surface area contributed by atoms with Crippen molar-refractivity contribution >= 4 is 23.8 Å². The topological polar surface area (TPSA) is 118 Å². The van der Waals surface area contributed by atoms with Crippen molar-refractivity contribution in [3.63, 3.8) is 0 Å². The van der Waals surface area contributed by atoms with Gasteiger partial charge in [0.05, 0.1) is 13.1 Å². The third-order valence-electron chi connectivity index (χ3n) is 5.77. The lowest BCUT2D eigenvalue weighted by Crippen LogP contribution is -2.40. The molecule has 9 heteroatoms. The van der Waals surface area contributed by atoms with Crippen molar-refractivity contribution in [3.8, 4) is 0 Å². The van der Waals surface area contributed by atoms with Crippen molar-refractivity contribution in [1.82, 2.24) is 14.7 Å². The number of nitrogens with zero attached hydrogens (tertiary/aromatic N) is 3. The fraction of sp³-hybridized carbons (Fsp3) is 0.714. The highest BCUT2D eigenvalue weighted by molar-refractivity contribution is 6.12. The predicted molar refractivity (Wildman–Crippen MR) is 110 cm³/mol. The van der Waals surface area contributed by atoms with Crippen molar-refractivity contribution in [2.75, 3.05) is 45.8 Å². The molecule has 0 atom stereocenters. The Morgan fingerprint density at radius 1 is 0.833 bits per heavy atom. The lowest BCUT2D eigenvalue weighted by molar-refractivity contribution is -0.140. The van der Waals surface area contributed by atoms with Crippen LogP contribution in [0.1, 0.15) is 44.9 Å². The molecule has 9 nitrogen and oxygen atoms in total. The Morgan fingerprint density at radius 3 is 1.80 bits per heavy atom. The Labute approximate surface area is 177 Å². The molecule has 0 saturated carbocycles. The van der Waals surface area contributed by atoms with Gasteiger partial charge >= 0.3 is 11.9 Å². The standard InChI is InChI=1S/C21H33N3O6/c25-18-8-9-19(26)24(18)12-2-1-5-17-6-3-10-22(15-20(27)28)13-14-23(11-4-7-17)16-21(29)30/h8-9,17H,1-7,10-16H2,(H,27,28)(H,29,30). The van der Waals surface area contributed by atoms with Gasteiger partial charge in [-0.15, -0.1) is 0 Å². The van der Waals surface area contributed by atoms with Gasteiger partial charge in [0, 0.05) is 31.8 Å². The number of carbonyl (C=O) groups is 4. The molecule has 0 aromatic rings. The first-order valence-electron chi connectivity index (χ1n) is 10.8. The average molecular weight is 424 g/mol. The number of hydrogen-bond donors (Lipinski definition) is 2. The molecule has 0 bridgehead atoms. The summed E-state index contributed by atoms with van der Waals surface area (Å²) < 4.78 is 0. The summed E-state index contributed by atoms with van der Waals surface area (Å²) in [6, 6.07) is 0. The van der Waals surface area contributed by atoms with E-state index in [0.717, 1.165) is 44.9 Å². The van der Waals surface area contributed by atoms with Gasteiger partial charge in [-0.3, -0.25) is 33.9 Å². The highest BCUT2D eigenvalue weighted by atomic mass is 16.4. The first kappa shape index (κ1) is 24.0. The van der Waals surface area contributed by atoms with Gasteiger partial charge in [0.25, 0.3) is 11.8 Å². The Hall–Kier alpha value is -2.26. The maximum absolute atomic E-state index is 11.6. The number of carboxylic acid groups (broad SMARTS) is 2. The van der Waals surface area contributed by atoms with E-state index in [2.05, 4.69) is 0 Å². The van der Waals surface area contributed by atoms with Crippen LogP contribution in [0.25, 0.3) is 0 Å². The second-order valence-electron chi connectivity index (χ2n) is 8.15. The molecule has 2 aliphatic rings. The molecule has 1 saturated heterocycles. The first-order valence-corrected chi connectivity index (χ1v) is 10.8. The molecule has 2 rings (SSSR count). The first-order chi connectivity index (χ1) is 14.3. The maximum atomic E-state index is 11.6. The zero-order valence-electron chi connectivity index (χ0n) is 17.5. The minimum absolute atomic E-state index is 0.0303. The van der Waals surface area contributed by atoms with E-state index in [9.17, 15) is 19.2 Å². The van der Waals surface area contributed by atoms with Crippen LogP contribution in [-0.2, 0) is 19.2 Å². The smallest absolute Gasteiger partial charge is 0.317 e. The molecule has 0 aromatic carbocycles. The largest absolute Gasteiger partial charge is 0.480 e. The fourth-order valence-corrected chi connectivity index (χ4v) is 4.20. The van der Waals surface area contributed by atoms with Crippen LogP contribution in [0, 0.1) is 5.92 Å². The molecule has 2 N–H and O–H groups in total.